The van der Waals surface area contributed by atoms with Gasteiger partial charge in [-0.2, -0.15) is 5.10 Å². The van der Waals surface area contributed by atoms with Crippen molar-refractivity contribution in [3.05, 3.63) is 59.9 Å². The predicted octanol–water partition coefficient (Wildman–Crippen LogP) is 3.47. The van der Waals surface area contributed by atoms with E-state index in [1.54, 1.807) is 6.20 Å². The molecular weight excluding hydrogens is 286 g/mol. The molecule has 0 N–H and O–H groups in total. The van der Waals surface area contributed by atoms with Crippen molar-refractivity contribution in [2.45, 2.75) is 39.0 Å². The molecule has 4 nitrogen and oxygen atoms in total. The number of benzene rings is 1. The molecule has 23 heavy (non-hydrogen) atoms. The van der Waals surface area contributed by atoms with Crippen LogP contribution >= 0.6 is 0 Å². The lowest BCUT2D eigenvalue weighted by Crippen LogP contribution is -2.31. The average Bonchev–Trinajstić information content (AvgIpc) is 3.19. The fourth-order valence-corrected chi connectivity index (χ4v) is 3.14. The maximum absolute atomic E-state index is 5.84. The SMILES string of the molecule is C=Cn1ncc(CN(Cc2ccccc2)C[C@@H]2CCCO2)c1C. The third-order valence-corrected chi connectivity index (χ3v) is 4.45. The monoisotopic (exact) mass is 311 g/mol. The fourth-order valence-electron chi connectivity index (χ4n) is 3.14. The van der Waals surface area contributed by atoms with Crippen LogP contribution in [0.25, 0.3) is 6.20 Å². The van der Waals surface area contributed by atoms with Gasteiger partial charge in [0.2, 0.25) is 0 Å². The van der Waals surface area contributed by atoms with E-state index in [0.717, 1.165) is 38.4 Å². The van der Waals surface area contributed by atoms with Gasteiger partial charge in [-0.05, 0) is 25.3 Å². The summed E-state index contributed by atoms with van der Waals surface area (Å²) in [7, 11) is 0. The van der Waals surface area contributed by atoms with E-state index in [2.05, 4.69) is 53.8 Å². The first-order valence-corrected chi connectivity index (χ1v) is 8.29. The van der Waals surface area contributed by atoms with Gasteiger partial charge >= 0.3 is 0 Å². The van der Waals surface area contributed by atoms with E-state index < -0.39 is 0 Å². The van der Waals surface area contributed by atoms with Gasteiger partial charge in [-0.3, -0.25) is 4.90 Å². The number of ether oxygens (including phenoxy) is 1. The Bertz CT molecular complexity index is 629. The maximum atomic E-state index is 5.84. The molecule has 1 aliphatic rings. The molecule has 2 aromatic rings. The lowest BCUT2D eigenvalue weighted by molar-refractivity contribution is 0.0678. The summed E-state index contributed by atoms with van der Waals surface area (Å²) in [4.78, 5) is 2.46. The minimum atomic E-state index is 0.355. The molecule has 0 spiro atoms. The summed E-state index contributed by atoms with van der Waals surface area (Å²) in [5, 5.41) is 4.37. The normalized spacial score (nSPS) is 17.7. The molecule has 3 rings (SSSR count). The Labute approximate surface area is 138 Å². The van der Waals surface area contributed by atoms with E-state index in [1.807, 2.05) is 10.9 Å². The molecule has 0 amide bonds. The molecule has 0 unspecified atom stereocenters. The second kappa shape index (κ2) is 7.57. The molecule has 1 saturated heterocycles. The minimum Gasteiger partial charge on any atom is -0.377 e. The molecule has 1 atom stereocenters. The van der Waals surface area contributed by atoms with Gasteiger partial charge in [0.1, 0.15) is 0 Å². The summed E-state index contributed by atoms with van der Waals surface area (Å²) in [5.41, 5.74) is 3.74. The van der Waals surface area contributed by atoms with E-state index >= 15 is 0 Å². The van der Waals surface area contributed by atoms with E-state index in [4.69, 9.17) is 4.74 Å². The number of hydrogen-bond acceptors (Lipinski definition) is 3. The average molecular weight is 311 g/mol. The zero-order valence-corrected chi connectivity index (χ0v) is 13.8. The van der Waals surface area contributed by atoms with Crippen molar-refractivity contribution in [1.82, 2.24) is 14.7 Å². The first kappa shape index (κ1) is 16.0. The Balaban J connectivity index is 1.73. The third-order valence-electron chi connectivity index (χ3n) is 4.45. The highest BCUT2D eigenvalue weighted by Crippen LogP contribution is 2.18. The van der Waals surface area contributed by atoms with Crippen LogP contribution in [0.15, 0.2) is 43.1 Å². The van der Waals surface area contributed by atoms with Crippen molar-refractivity contribution in [2.75, 3.05) is 13.2 Å². The van der Waals surface area contributed by atoms with Crippen LogP contribution in [0.2, 0.25) is 0 Å². The molecule has 1 aliphatic heterocycles. The van der Waals surface area contributed by atoms with E-state index in [1.165, 1.54) is 17.5 Å². The highest BCUT2D eigenvalue weighted by Gasteiger charge is 2.20. The molecule has 1 aromatic heterocycles. The quantitative estimate of drug-likeness (QED) is 0.784. The Morgan fingerprint density at radius 1 is 1.35 bits per heavy atom. The second-order valence-electron chi connectivity index (χ2n) is 6.17. The Hall–Kier alpha value is -1.91. The predicted molar refractivity (Wildman–Crippen MR) is 92.9 cm³/mol. The summed E-state index contributed by atoms with van der Waals surface area (Å²) < 4.78 is 7.67. The topological polar surface area (TPSA) is 30.3 Å². The van der Waals surface area contributed by atoms with Gasteiger partial charge in [0.15, 0.2) is 0 Å². The van der Waals surface area contributed by atoms with Crippen molar-refractivity contribution < 1.29 is 4.74 Å². The highest BCUT2D eigenvalue weighted by atomic mass is 16.5. The largest absolute Gasteiger partial charge is 0.377 e. The summed E-state index contributed by atoms with van der Waals surface area (Å²) in [6.07, 6.45) is 6.40. The van der Waals surface area contributed by atoms with Crippen molar-refractivity contribution in [2.24, 2.45) is 0 Å². The van der Waals surface area contributed by atoms with Crippen LogP contribution in [0.4, 0.5) is 0 Å². The lowest BCUT2D eigenvalue weighted by Gasteiger charge is -2.25. The van der Waals surface area contributed by atoms with Crippen LogP contribution in [0, 0.1) is 6.92 Å². The molecule has 0 saturated carbocycles. The van der Waals surface area contributed by atoms with Gasteiger partial charge < -0.3 is 4.74 Å². The maximum Gasteiger partial charge on any atom is 0.0703 e. The van der Waals surface area contributed by atoms with Gasteiger partial charge in [0.05, 0.1) is 12.3 Å². The van der Waals surface area contributed by atoms with E-state index in [-0.39, 0.29) is 0 Å². The van der Waals surface area contributed by atoms with Crippen LogP contribution < -0.4 is 0 Å². The zero-order chi connectivity index (χ0) is 16.1. The van der Waals surface area contributed by atoms with Crippen LogP contribution in [0.5, 0.6) is 0 Å². The number of rotatable bonds is 7. The zero-order valence-electron chi connectivity index (χ0n) is 13.8. The Morgan fingerprint density at radius 3 is 2.83 bits per heavy atom. The van der Waals surface area contributed by atoms with Crippen LogP contribution in [-0.2, 0) is 17.8 Å². The van der Waals surface area contributed by atoms with Crippen molar-refractivity contribution in [3.8, 4) is 0 Å². The molecule has 1 aromatic carbocycles. The van der Waals surface area contributed by atoms with Crippen LogP contribution in [0.1, 0.15) is 29.7 Å². The first-order valence-electron chi connectivity index (χ1n) is 8.29. The highest BCUT2D eigenvalue weighted by molar-refractivity contribution is 5.26. The smallest absolute Gasteiger partial charge is 0.0703 e. The van der Waals surface area contributed by atoms with Gasteiger partial charge in [0.25, 0.3) is 0 Å². The van der Waals surface area contributed by atoms with Gasteiger partial charge in [-0.25, -0.2) is 4.68 Å². The van der Waals surface area contributed by atoms with E-state index in [0.29, 0.717) is 6.10 Å². The van der Waals surface area contributed by atoms with Gasteiger partial charge in [-0.15, -0.1) is 0 Å². The lowest BCUT2D eigenvalue weighted by atomic mass is 10.1. The van der Waals surface area contributed by atoms with Crippen LogP contribution in [0.3, 0.4) is 0 Å². The molecule has 0 radical (unpaired) electrons. The number of nitrogens with zero attached hydrogens (tertiary/aromatic N) is 3. The second-order valence-corrected chi connectivity index (χ2v) is 6.17. The molecular formula is C19H25N3O. The number of hydrogen-bond donors (Lipinski definition) is 0. The van der Waals surface area contributed by atoms with Gasteiger partial charge in [-0.1, -0.05) is 36.9 Å². The standard InChI is InChI=1S/C19H25N3O/c1-3-22-16(2)18(12-20-22)14-21(15-19-10-7-11-23-19)13-17-8-5-4-6-9-17/h3-6,8-9,12,19H,1,7,10-11,13-15H2,2H3/t19-/m0/s1. The number of aromatic nitrogens is 2. The minimum absolute atomic E-state index is 0.355. The van der Waals surface area contributed by atoms with E-state index in [9.17, 15) is 0 Å². The molecule has 122 valence electrons. The Kier molecular flexibility index (Phi) is 5.26. The van der Waals surface area contributed by atoms with Gasteiger partial charge in [0, 0.05) is 43.7 Å². The van der Waals surface area contributed by atoms with Crippen molar-refractivity contribution in [1.29, 1.82) is 0 Å². The summed E-state index contributed by atoms with van der Waals surface area (Å²) in [6, 6.07) is 10.6. The van der Waals surface area contributed by atoms with Crippen molar-refractivity contribution in [3.63, 3.8) is 0 Å². The fraction of sp³-hybridized carbons (Fsp3) is 0.421. The Morgan fingerprint density at radius 2 is 2.17 bits per heavy atom. The van der Waals surface area contributed by atoms with Crippen molar-refractivity contribution >= 4 is 6.20 Å². The molecule has 4 heteroatoms. The molecule has 2 heterocycles. The summed E-state index contributed by atoms with van der Waals surface area (Å²) in [5.74, 6) is 0. The molecule has 1 fully saturated rings. The van der Waals surface area contributed by atoms with Crippen LogP contribution in [-0.4, -0.2) is 33.9 Å². The summed E-state index contributed by atoms with van der Waals surface area (Å²) >= 11 is 0. The third kappa shape index (κ3) is 4.09. The summed E-state index contributed by atoms with van der Waals surface area (Å²) in [6.45, 7) is 9.58. The molecule has 0 bridgehead atoms. The first-order chi connectivity index (χ1) is 11.3. The molecule has 0 aliphatic carbocycles.